The molecule has 0 atom stereocenters. The van der Waals surface area contributed by atoms with Gasteiger partial charge in [0.15, 0.2) is 22.7 Å². The first kappa shape index (κ1) is 16.1. The minimum Gasteiger partial charge on any atom is -0.226 e. The number of rotatable bonds is 0. The van der Waals surface area contributed by atoms with Crippen molar-refractivity contribution in [1.29, 1.82) is 15.8 Å². The van der Waals surface area contributed by atoms with E-state index in [0.29, 0.717) is 21.8 Å². The summed E-state index contributed by atoms with van der Waals surface area (Å²) in [5, 5.41) is 28.0. The first-order chi connectivity index (χ1) is 13.1. The quantitative estimate of drug-likeness (QED) is 0.345. The van der Waals surface area contributed by atoms with Gasteiger partial charge in [-0.25, -0.2) is 30.0 Å². The van der Waals surface area contributed by atoms with Crippen molar-refractivity contribution in [2.75, 3.05) is 0 Å². The lowest BCUT2D eigenvalue weighted by molar-refractivity contribution is 1.11. The molecule has 1 aromatic carbocycles. The Hall–Kier alpha value is -4.37. The molecule has 1 aliphatic carbocycles. The topological polar surface area (TPSA) is 127 Å². The molecule has 2 aromatic heterocycles. The first-order valence-electron chi connectivity index (χ1n) is 7.34. The zero-order chi connectivity index (χ0) is 19.1. The molecule has 27 heavy (non-hydrogen) atoms. The summed E-state index contributed by atoms with van der Waals surface area (Å²) in [6.07, 6.45) is 0. The van der Waals surface area contributed by atoms with Crippen molar-refractivity contribution in [3.05, 3.63) is 63.0 Å². The monoisotopic (exact) mass is 366 g/mol. The second kappa shape index (κ2) is 5.86. The maximum absolute atomic E-state index is 9.37. The fraction of sp³-hybridized carbons (Fsp3) is 0. The zero-order valence-electron chi connectivity index (χ0n) is 13.2. The van der Waals surface area contributed by atoms with Gasteiger partial charge in [0.1, 0.15) is 12.1 Å². The largest absolute Gasteiger partial charge is 0.271 e. The Morgan fingerprint density at radius 3 is 2.15 bits per heavy atom. The van der Waals surface area contributed by atoms with E-state index in [2.05, 4.69) is 24.8 Å². The molecule has 1 aliphatic rings. The first-order valence-corrected chi connectivity index (χ1v) is 7.72. The van der Waals surface area contributed by atoms with Gasteiger partial charge in [0.05, 0.1) is 24.0 Å². The van der Waals surface area contributed by atoms with Gasteiger partial charge in [0.25, 0.3) is 5.70 Å². The van der Waals surface area contributed by atoms with Crippen LogP contribution in [0.5, 0.6) is 0 Å². The molecule has 122 valence electrons. The van der Waals surface area contributed by atoms with Gasteiger partial charge in [0.2, 0.25) is 0 Å². The Morgan fingerprint density at radius 1 is 0.963 bits per heavy atom. The van der Waals surface area contributed by atoms with Crippen LogP contribution in [0.2, 0.25) is 5.02 Å². The van der Waals surface area contributed by atoms with Crippen LogP contribution in [-0.2, 0) is 0 Å². The van der Waals surface area contributed by atoms with Crippen molar-refractivity contribution in [3.8, 4) is 29.5 Å². The SMILES string of the molecule is [C-]#[N+]/C(C#N)=C1/c2nc3nc(C#N)c(C#N)nc3nc2-c2cccc(Cl)c21. The molecular weight excluding hydrogens is 364 g/mol. The number of hydrogen-bond acceptors (Lipinski definition) is 7. The second-order valence-corrected chi connectivity index (χ2v) is 5.73. The maximum Gasteiger partial charge on any atom is 0.271 e. The predicted octanol–water partition coefficient (Wildman–Crippen LogP) is 3.00. The number of aromatic nitrogens is 4. The molecule has 2 heterocycles. The highest BCUT2D eigenvalue weighted by atomic mass is 35.5. The van der Waals surface area contributed by atoms with Crippen LogP contribution in [0.15, 0.2) is 23.9 Å². The van der Waals surface area contributed by atoms with Crippen LogP contribution in [-0.4, -0.2) is 19.9 Å². The molecule has 9 heteroatoms. The van der Waals surface area contributed by atoms with Crippen LogP contribution >= 0.6 is 11.6 Å². The molecule has 0 radical (unpaired) electrons. The summed E-state index contributed by atoms with van der Waals surface area (Å²) < 4.78 is 0. The third-order valence-electron chi connectivity index (χ3n) is 3.94. The van der Waals surface area contributed by atoms with Gasteiger partial charge in [0, 0.05) is 21.7 Å². The van der Waals surface area contributed by atoms with Gasteiger partial charge >= 0.3 is 0 Å². The van der Waals surface area contributed by atoms with Crippen molar-refractivity contribution in [3.63, 3.8) is 0 Å². The molecule has 0 saturated heterocycles. The smallest absolute Gasteiger partial charge is 0.226 e. The van der Waals surface area contributed by atoms with Crippen molar-refractivity contribution >= 4 is 28.5 Å². The molecule has 0 bridgehead atoms. The number of nitrogens with zero attached hydrogens (tertiary/aromatic N) is 8. The average molecular weight is 367 g/mol. The lowest BCUT2D eigenvalue weighted by atomic mass is 10.0. The van der Waals surface area contributed by atoms with Gasteiger partial charge in [-0.15, -0.1) is 0 Å². The van der Waals surface area contributed by atoms with Gasteiger partial charge in [-0.3, -0.25) is 0 Å². The van der Waals surface area contributed by atoms with Crippen LogP contribution in [0.3, 0.4) is 0 Å². The molecule has 4 rings (SSSR count). The van der Waals surface area contributed by atoms with Gasteiger partial charge in [-0.05, 0) is 6.07 Å². The summed E-state index contributed by atoms with van der Waals surface area (Å²) in [6, 6.07) is 10.6. The number of halogens is 1. The van der Waals surface area contributed by atoms with Gasteiger partial charge < -0.3 is 0 Å². The minimum absolute atomic E-state index is 0.0352. The van der Waals surface area contributed by atoms with Crippen molar-refractivity contribution in [2.45, 2.75) is 0 Å². The molecule has 0 fully saturated rings. The molecule has 0 saturated carbocycles. The second-order valence-electron chi connectivity index (χ2n) is 5.32. The van der Waals surface area contributed by atoms with Crippen LogP contribution in [0, 0.1) is 40.6 Å². The Bertz CT molecular complexity index is 1360. The van der Waals surface area contributed by atoms with Crippen molar-refractivity contribution in [1.82, 2.24) is 19.9 Å². The fourth-order valence-electron chi connectivity index (χ4n) is 2.86. The molecule has 0 unspecified atom stereocenters. The van der Waals surface area contributed by atoms with Crippen LogP contribution in [0.25, 0.3) is 33.0 Å². The molecule has 0 aliphatic heterocycles. The van der Waals surface area contributed by atoms with Crippen molar-refractivity contribution < 1.29 is 0 Å². The van der Waals surface area contributed by atoms with E-state index in [1.807, 2.05) is 6.07 Å². The normalized spacial score (nSPS) is 12.9. The average Bonchev–Trinajstić information content (AvgIpc) is 3.01. The third-order valence-corrected chi connectivity index (χ3v) is 4.26. The molecule has 0 amide bonds. The number of benzene rings is 1. The van der Waals surface area contributed by atoms with Gasteiger partial charge in [-0.2, -0.15) is 10.5 Å². The van der Waals surface area contributed by atoms with E-state index in [1.54, 1.807) is 30.3 Å². The van der Waals surface area contributed by atoms with Crippen LogP contribution in [0.4, 0.5) is 0 Å². The van der Waals surface area contributed by atoms with E-state index in [1.165, 1.54) is 0 Å². The number of hydrogen-bond donors (Lipinski definition) is 0. The van der Waals surface area contributed by atoms with Crippen LogP contribution < -0.4 is 0 Å². The maximum atomic E-state index is 9.37. The number of allylic oxidation sites excluding steroid dienone is 1. The van der Waals surface area contributed by atoms with Crippen LogP contribution in [0.1, 0.15) is 22.6 Å². The third kappa shape index (κ3) is 2.19. The van der Waals surface area contributed by atoms with Crippen molar-refractivity contribution in [2.24, 2.45) is 0 Å². The fourth-order valence-corrected chi connectivity index (χ4v) is 3.13. The summed E-state index contributed by atoms with van der Waals surface area (Å²) in [5.41, 5.74) is 1.60. The van der Waals surface area contributed by atoms with E-state index < -0.39 is 0 Å². The Kier molecular flexibility index (Phi) is 3.50. The Labute approximate surface area is 157 Å². The lowest BCUT2D eigenvalue weighted by Gasteiger charge is -2.04. The lowest BCUT2D eigenvalue weighted by Crippen LogP contribution is -2.02. The Morgan fingerprint density at radius 2 is 1.59 bits per heavy atom. The molecular formula is C18H3ClN8. The predicted molar refractivity (Wildman–Crippen MR) is 93.2 cm³/mol. The summed E-state index contributed by atoms with van der Waals surface area (Å²) in [5.74, 6) is 0. The number of nitriles is 3. The van der Waals surface area contributed by atoms with E-state index in [4.69, 9.17) is 28.7 Å². The molecule has 0 spiro atoms. The Balaban J connectivity index is 2.18. The summed E-state index contributed by atoms with van der Waals surface area (Å²) in [7, 11) is 0. The number of fused-ring (bicyclic) bond motifs is 4. The highest BCUT2D eigenvalue weighted by molar-refractivity contribution is 6.34. The summed E-state index contributed by atoms with van der Waals surface area (Å²) in [4.78, 5) is 20.2. The standard InChI is InChI=1S/C18H3ClN8/c1-23-12(7-22)14-13-8(3-2-4-9(13)19)15-16(14)27-18-17(26-15)24-10(5-20)11(6-21)25-18/h2-4H/b14-12+. The minimum atomic E-state index is -0.182. The van der Waals surface area contributed by atoms with E-state index in [0.717, 1.165) is 0 Å². The molecule has 8 nitrogen and oxygen atoms in total. The van der Waals surface area contributed by atoms with E-state index >= 15 is 0 Å². The zero-order valence-corrected chi connectivity index (χ0v) is 13.9. The molecule has 0 N–H and O–H groups in total. The van der Waals surface area contributed by atoms with Gasteiger partial charge in [-0.1, -0.05) is 23.7 Å². The van der Waals surface area contributed by atoms with E-state index in [9.17, 15) is 5.26 Å². The highest BCUT2D eigenvalue weighted by Crippen LogP contribution is 2.47. The molecule has 3 aromatic rings. The highest BCUT2D eigenvalue weighted by Gasteiger charge is 2.32. The van der Waals surface area contributed by atoms with E-state index in [-0.39, 0.29) is 39.6 Å². The summed E-state index contributed by atoms with van der Waals surface area (Å²) >= 11 is 6.32. The summed E-state index contributed by atoms with van der Waals surface area (Å²) in [6.45, 7) is 7.30.